The van der Waals surface area contributed by atoms with Crippen LogP contribution in [0.25, 0.3) is 0 Å². The highest BCUT2D eigenvalue weighted by Gasteiger charge is 2.23. The van der Waals surface area contributed by atoms with Crippen LogP contribution in [-0.2, 0) is 14.3 Å². The summed E-state index contributed by atoms with van der Waals surface area (Å²) in [6, 6.07) is 3.74. The molecule has 31 heavy (non-hydrogen) atoms. The second kappa shape index (κ2) is 12.6. The fourth-order valence-electron chi connectivity index (χ4n) is 3.85. The number of carbonyl (C=O) groups is 1. The van der Waals surface area contributed by atoms with Crippen molar-refractivity contribution in [2.45, 2.75) is 64.6 Å². The van der Waals surface area contributed by atoms with Crippen LogP contribution in [0.1, 0.15) is 51.0 Å². The van der Waals surface area contributed by atoms with Crippen molar-refractivity contribution in [3.63, 3.8) is 0 Å². The van der Waals surface area contributed by atoms with E-state index in [-0.39, 0.29) is 18.1 Å². The minimum absolute atomic E-state index is 0.0759. The van der Waals surface area contributed by atoms with Crippen LogP contribution in [0, 0.1) is 6.92 Å². The lowest BCUT2D eigenvalue weighted by molar-refractivity contribution is -0.116. The molecule has 0 aliphatic carbocycles. The number of amides is 1. The second-order valence-corrected chi connectivity index (χ2v) is 8.26. The third-order valence-corrected chi connectivity index (χ3v) is 5.65. The van der Waals surface area contributed by atoms with Gasteiger partial charge in [-0.05, 0) is 57.6 Å². The minimum Gasteiger partial charge on any atom is -0.376 e. The number of hydrogen-bond donors (Lipinski definition) is 2. The molecule has 8 heteroatoms. The lowest BCUT2D eigenvalue weighted by Gasteiger charge is -2.35. The smallest absolute Gasteiger partial charge is 0.227 e. The molecule has 2 aliphatic rings. The van der Waals surface area contributed by atoms with Crippen LogP contribution >= 0.6 is 0 Å². The minimum atomic E-state index is -0.0759. The van der Waals surface area contributed by atoms with Crippen molar-refractivity contribution in [1.82, 2.24) is 15.2 Å². The first-order valence-electron chi connectivity index (χ1n) is 11.6. The monoisotopic (exact) mass is 431 g/mol. The first-order valence-corrected chi connectivity index (χ1v) is 11.6. The molecule has 0 radical (unpaired) electrons. The molecular formula is C23H37N5O3. The molecule has 0 bridgehead atoms. The molecule has 172 valence electrons. The topological polar surface area (TPSA) is 88.1 Å². The van der Waals surface area contributed by atoms with E-state index in [4.69, 9.17) is 9.47 Å². The molecule has 0 aromatic carbocycles. The van der Waals surface area contributed by atoms with Crippen LogP contribution < -0.4 is 10.6 Å². The van der Waals surface area contributed by atoms with Gasteiger partial charge in [0.05, 0.1) is 25.4 Å². The number of likely N-dealkylation sites (tertiary alicyclic amines) is 1. The predicted octanol–water partition coefficient (Wildman–Crippen LogP) is 2.73. The van der Waals surface area contributed by atoms with Crippen LogP contribution in [0.3, 0.4) is 0 Å². The van der Waals surface area contributed by atoms with Crippen molar-refractivity contribution >= 4 is 17.7 Å². The van der Waals surface area contributed by atoms with Crippen LogP contribution in [0.15, 0.2) is 23.3 Å². The van der Waals surface area contributed by atoms with Gasteiger partial charge in [-0.15, -0.1) is 0 Å². The number of nitrogens with zero attached hydrogens (tertiary/aromatic N) is 3. The van der Waals surface area contributed by atoms with E-state index in [1.54, 1.807) is 6.20 Å². The van der Waals surface area contributed by atoms with E-state index >= 15 is 0 Å². The zero-order valence-electron chi connectivity index (χ0n) is 18.9. The number of rotatable bonds is 8. The van der Waals surface area contributed by atoms with E-state index in [0.717, 1.165) is 57.0 Å². The molecule has 3 heterocycles. The summed E-state index contributed by atoms with van der Waals surface area (Å²) in [4.78, 5) is 23.3. The summed E-state index contributed by atoms with van der Waals surface area (Å²) >= 11 is 0. The summed E-state index contributed by atoms with van der Waals surface area (Å²) in [5, 5.41) is 6.17. The third kappa shape index (κ3) is 8.10. The van der Waals surface area contributed by atoms with Crippen LogP contribution in [-0.4, -0.2) is 73.4 Å². The van der Waals surface area contributed by atoms with E-state index in [1.165, 1.54) is 12.8 Å². The molecule has 0 spiro atoms. The summed E-state index contributed by atoms with van der Waals surface area (Å²) in [6.45, 7) is 8.66. The van der Waals surface area contributed by atoms with Gasteiger partial charge in [-0.2, -0.15) is 0 Å². The van der Waals surface area contributed by atoms with Gasteiger partial charge in [-0.25, -0.2) is 4.98 Å². The molecule has 1 aromatic heterocycles. The largest absolute Gasteiger partial charge is 0.376 e. The average Bonchev–Trinajstić information content (AvgIpc) is 2.80. The second-order valence-electron chi connectivity index (χ2n) is 8.26. The fourth-order valence-corrected chi connectivity index (χ4v) is 3.85. The lowest BCUT2D eigenvalue weighted by Crippen LogP contribution is -2.47. The quantitative estimate of drug-likeness (QED) is 0.486. The highest BCUT2D eigenvalue weighted by molar-refractivity contribution is 5.90. The van der Waals surface area contributed by atoms with Crippen molar-refractivity contribution in [3.05, 3.63) is 23.9 Å². The Morgan fingerprint density at radius 2 is 2.13 bits per heavy atom. The lowest BCUT2D eigenvalue weighted by atomic mass is 10.1. The average molecular weight is 432 g/mol. The molecular weight excluding hydrogens is 394 g/mol. The number of hydrogen-bond acceptors (Lipinski definition) is 5. The first kappa shape index (κ1) is 23.5. The number of ether oxygens (including phenoxy) is 2. The number of aryl methyl sites for hydroxylation is 1. The molecule has 2 aliphatic heterocycles. The molecule has 2 fully saturated rings. The first-order chi connectivity index (χ1) is 15.1. The Hall–Kier alpha value is -2.19. The van der Waals surface area contributed by atoms with Crippen molar-refractivity contribution in [2.75, 3.05) is 44.7 Å². The van der Waals surface area contributed by atoms with Crippen LogP contribution in [0.4, 0.5) is 5.82 Å². The summed E-state index contributed by atoms with van der Waals surface area (Å²) in [5.41, 5.74) is 1.06. The maximum atomic E-state index is 12.2. The summed E-state index contributed by atoms with van der Waals surface area (Å²) in [5.74, 6) is 1.37. The number of nitrogens with one attached hydrogen (secondary N) is 2. The van der Waals surface area contributed by atoms with Crippen molar-refractivity contribution < 1.29 is 14.3 Å². The van der Waals surface area contributed by atoms with Crippen LogP contribution in [0.2, 0.25) is 0 Å². The standard InChI is InChI=1S/C23H37N5O3/c1-3-24-23(25-12-9-22(29)27-21-8-7-18(2)16-26-21)28-13-10-19(11-14-28)31-17-20-6-4-5-15-30-20/h7-8,16,19-20H,3-6,9-15,17H2,1-2H3,(H,24,25)(H,26,27,29). The zero-order valence-corrected chi connectivity index (χ0v) is 18.9. The van der Waals surface area contributed by atoms with Gasteiger partial charge in [-0.1, -0.05) is 6.07 Å². The molecule has 8 nitrogen and oxygen atoms in total. The number of carbonyl (C=O) groups excluding carboxylic acids is 1. The van der Waals surface area contributed by atoms with Gasteiger partial charge in [0.2, 0.25) is 5.91 Å². The number of guanidine groups is 1. The number of pyridine rings is 1. The molecule has 2 N–H and O–H groups in total. The van der Waals surface area contributed by atoms with Gasteiger partial charge in [0.25, 0.3) is 0 Å². The third-order valence-electron chi connectivity index (χ3n) is 5.65. The molecule has 3 rings (SSSR count). The number of aromatic nitrogens is 1. The number of aliphatic imine (C=N–C) groups is 1. The molecule has 1 unspecified atom stereocenters. The zero-order chi connectivity index (χ0) is 21.9. The van der Waals surface area contributed by atoms with E-state index in [1.807, 2.05) is 19.1 Å². The fraction of sp³-hybridized carbons (Fsp3) is 0.696. The Kier molecular flexibility index (Phi) is 9.55. The highest BCUT2D eigenvalue weighted by atomic mass is 16.5. The Balaban J connectivity index is 1.39. The Labute approximate surface area is 185 Å². The molecule has 1 aromatic rings. The van der Waals surface area contributed by atoms with Gasteiger partial charge in [0.1, 0.15) is 5.82 Å². The maximum Gasteiger partial charge on any atom is 0.227 e. The summed E-state index contributed by atoms with van der Waals surface area (Å²) < 4.78 is 11.9. The van der Waals surface area contributed by atoms with Gasteiger partial charge in [0, 0.05) is 38.9 Å². The number of anilines is 1. The van der Waals surface area contributed by atoms with E-state index in [2.05, 4.69) is 32.4 Å². The van der Waals surface area contributed by atoms with Gasteiger partial charge < -0.3 is 25.0 Å². The molecule has 0 saturated carbocycles. The molecule has 1 amide bonds. The van der Waals surface area contributed by atoms with Crippen LogP contribution in [0.5, 0.6) is 0 Å². The van der Waals surface area contributed by atoms with Gasteiger partial charge in [-0.3, -0.25) is 9.79 Å². The van der Waals surface area contributed by atoms with E-state index < -0.39 is 0 Å². The molecule has 1 atom stereocenters. The van der Waals surface area contributed by atoms with Crippen molar-refractivity contribution in [2.24, 2.45) is 4.99 Å². The van der Waals surface area contributed by atoms with Crippen molar-refractivity contribution in [1.29, 1.82) is 0 Å². The van der Waals surface area contributed by atoms with Gasteiger partial charge >= 0.3 is 0 Å². The predicted molar refractivity (Wildman–Crippen MR) is 122 cm³/mol. The summed E-state index contributed by atoms with van der Waals surface area (Å²) in [6.07, 6.45) is 8.12. The Bertz CT molecular complexity index is 696. The van der Waals surface area contributed by atoms with Gasteiger partial charge in [0.15, 0.2) is 5.96 Å². The molecule has 2 saturated heterocycles. The van der Waals surface area contributed by atoms with E-state index in [9.17, 15) is 4.79 Å². The maximum absolute atomic E-state index is 12.2. The normalized spacial score (nSPS) is 20.5. The SMILES string of the molecule is CCNC(=NCCC(=O)Nc1ccc(C)cn1)N1CCC(OCC2CCCCO2)CC1. The summed E-state index contributed by atoms with van der Waals surface area (Å²) in [7, 11) is 0. The Morgan fingerprint density at radius 3 is 2.81 bits per heavy atom. The van der Waals surface area contributed by atoms with Crippen molar-refractivity contribution in [3.8, 4) is 0 Å². The number of piperidine rings is 1. The highest BCUT2D eigenvalue weighted by Crippen LogP contribution is 2.18. The Morgan fingerprint density at radius 1 is 1.29 bits per heavy atom. The van der Waals surface area contributed by atoms with E-state index in [0.29, 0.717) is 25.4 Å².